The minimum Gasteiger partial charge on any atom is -0.480 e. The molecule has 0 aliphatic rings. The number of carbonyl (C=O) groups excluding carboxylic acids is 1. The normalized spacial score (nSPS) is 11.8. The molecule has 0 aliphatic carbocycles. The number of hydrogen-bond acceptors (Lipinski definition) is 3. The summed E-state index contributed by atoms with van der Waals surface area (Å²) >= 11 is 0. The van der Waals surface area contributed by atoms with Gasteiger partial charge in [-0.05, 0) is 19.1 Å². The predicted octanol–water partition coefficient (Wildman–Crippen LogP) is 0.849. The molecule has 1 amide bonds. The highest BCUT2D eigenvalue weighted by Gasteiger charge is 2.21. The topological polar surface area (TPSA) is 83.7 Å². The lowest BCUT2D eigenvalue weighted by molar-refractivity contribution is -0.139. The number of fused-ring (bicyclic) bond motifs is 1. The molecule has 2 rings (SSSR count). The Morgan fingerprint density at radius 3 is 2.90 bits per heavy atom. The van der Waals surface area contributed by atoms with Crippen LogP contribution < -0.4 is 5.32 Å². The molecule has 102 valence electrons. The number of aliphatic carboxylic acids is 1. The van der Waals surface area contributed by atoms with E-state index in [0.717, 1.165) is 5.69 Å². The summed E-state index contributed by atoms with van der Waals surface area (Å²) in [5.74, 6) is 0.491. The number of nitrogens with zero attached hydrogens (tertiary/aromatic N) is 2. The average Bonchev–Trinajstić information content (AvgIpc) is 2.83. The van der Waals surface area contributed by atoms with Crippen molar-refractivity contribution in [3.8, 4) is 12.3 Å². The molecule has 0 aliphatic heterocycles. The van der Waals surface area contributed by atoms with Crippen LogP contribution in [0.1, 0.15) is 22.6 Å². The molecule has 2 heterocycles. The number of carboxylic acid groups (broad SMARTS) is 1. The van der Waals surface area contributed by atoms with E-state index in [1.807, 2.05) is 19.1 Å². The second kappa shape index (κ2) is 5.45. The highest BCUT2D eigenvalue weighted by molar-refractivity contribution is 5.95. The lowest BCUT2D eigenvalue weighted by Gasteiger charge is -2.09. The van der Waals surface area contributed by atoms with Gasteiger partial charge in [-0.15, -0.1) is 12.3 Å². The number of nitrogens with one attached hydrogen (secondary N) is 1. The molecule has 1 atom stereocenters. The minimum atomic E-state index is -1.17. The first kappa shape index (κ1) is 13.6. The summed E-state index contributed by atoms with van der Waals surface area (Å²) in [6.45, 7) is 1.88. The van der Waals surface area contributed by atoms with Gasteiger partial charge in [-0.3, -0.25) is 4.79 Å². The highest BCUT2D eigenvalue weighted by Crippen LogP contribution is 2.08. The largest absolute Gasteiger partial charge is 0.480 e. The summed E-state index contributed by atoms with van der Waals surface area (Å²) < 4.78 is 1.76. The Morgan fingerprint density at radius 2 is 2.30 bits per heavy atom. The molecular formula is C14H13N3O3. The number of amides is 1. The summed E-state index contributed by atoms with van der Waals surface area (Å²) in [6, 6.07) is 4.37. The van der Waals surface area contributed by atoms with Crippen LogP contribution in [0.3, 0.4) is 0 Å². The van der Waals surface area contributed by atoms with Crippen LogP contribution >= 0.6 is 0 Å². The van der Waals surface area contributed by atoms with Crippen molar-refractivity contribution in [2.75, 3.05) is 0 Å². The number of aromatic nitrogens is 2. The smallest absolute Gasteiger partial charge is 0.327 e. The zero-order valence-corrected chi connectivity index (χ0v) is 10.8. The Hall–Kier alpha value is -2.81. The van der Waals surface area contributed by atoms with E-state index >= 15 is 0 Å². The monoisotopic (exact) mass is 271 g/mol. The molecule has 0 spiro atoms. The van der Waals surface area contributed by atoms with Crippen LogP contribution in [0, 0.1) is 19.3 Å². The van der Waals surface area contributed by atoms with Gasteiger partial charge in [-0.25, -0.2) is 9.78 Å². The third-order valence-corrected chi connectivity index (χ3v) is 2.85. The first-order valence-corrected chi connectivity index (χ1v) is 5.95. The van der Waals surface area contributed by atoms with Crippen molar-refractivity contribution in [2.24, 2.45) is 0 Å². The standard InChI is InChI=1S/C14H13N3O3/c1-3-5-10(14(19)20)16-13(18)11-8-17-9(2)6-4-7-12(17)15-11/h1,4,6-8,10H,5H2,2H3,(H,16,18)(H,19,20). The van der Waals surface area contributed by atoms with Gasteiger partial charge in [0, 0.05) is 18.3 Å². The molecule has 2 N–H and O–H groups in total. The van der Waals surface area contributed by atoms with Crippen molar-refractivity contribution >= 4 is 17.5 Å². The molecule has 6 nitrogen and oxygen atoms in total. The summed E-state index contributed by atoms with van der Waals surface area (Å²) in [5, 5.41) is 11.3. The molecule has 20 heavy (non-hydrogen) atoms. The molecule has 0 saturated heterocycles. The van der Waals surface area contributed by atoms with Gasteiger partial charge in [0.2, 0.25) is 0 Å². The number of carboxylic acids is 1. The molecule has 0 fully saturated rings. The van der Waals surface area contributed by atoms with E-state index in [1.165, 1.54) is 0 Å². The first-order valence-electron chi connectivity index (χ1n) is 5.95. The fourth-order valence-electron chi connectivity index (χ4n) is 1.81. The van der Waals surface area contributed by atoms with Crippen LogP contribution in [0.15, 0.2) is 24.4 Å². The minimum absolute atomic E-state index is 0.0759. The van der Waals surface area contributed by atoms with Gasteiger partial charge in [-0.2, -0.15) is 0 Å². The molecule has 2 aromatic heterocycles. The van der Waals surface area contributed by atoms with Crippen LogP contribution in [0.5, 0.6) is 0 Å². The molecule has 0 bridgehead atoms. The fraction of sp³-hybridized carbons (Fsp3) is 0.214. The number of terminal acetylenes is 1. The summed E-state index contributed by atoms with van der Waals surface area (Å²) in [4.78, 5) is 27.1. The molecule has 2 aromatic rings. The lowest BCUT2D eigenvalue weighted by atomic mass is 10.2. The number of imidazole rings is 1. The Kier molecular flexibility index (Phi) is 3.71. The van der Waals surface area contributed by atoms with Crippen LogP contribution in [-0.2, 0) is 4.79 Å². The Balaban J connectivity index is 2.25. The summed E-state index contributed by atoms with van der Waals surface area (Å²) in [6.07, 6.45) is 6.57. The van der Waals surface area contributed by atoms with Gasteiger partial charge in [0.05, 0.1) is 0 Å². The lowest BCUT2D eigenvalue weighted by Crippen LogP contribution is -2.40. The van der Waals surface area contributed by atoms with E-state index in [1.54, 1.807) is 16.7 Å². The Bertz CT molecular complexity index is 712. The van der Waals surface area contributed by atoms with E-state index in [9.17, 15) is 9.59 Å². The van der Waals surface area contributed by atoms with Gasteiger partial charge < -0.3 is 14.8 Å². The Morgan fingerprint density at radius 1 is 1.55 bits per heavy atom. The molecule has 1 unspecified atom stereocenters. The number of pyridine rings is 1. The average molecular weight is 271 g/mol. The quantitative estimate of drug-likeness (QED) is 0.807. The van der Waals surface area contributed by atoms with Crippen LogP contribution in [-0.4, -0.2) is 32.4 Å². The van der Waals surface area contributed by atoms with Crippen LogP contribution in [0.4, 0.5) is 0 Å². The fourth-order valence-corrected chi connectivity index (χ4v) is 1.81. The molecule has 0 radical (unpaired) electrons. The number of rotatable bonds is 4. The second-order valence-corrected chi connectivity index (χ2v) is 4.29. The van der Waals surface area contributed by atoms with Gasteiger partial charge in [-0.1, -0.05) is 6.07 Å². The van der Waals surface area contributed by atoms with Crippen molar-refractivity contribution in [3.63, 3.8) is 0 Å². The zero-order valence-electron chi connectivity index (χ0n) is 10.8. The van der Waals surface area contributed by atoms with E-state index in [0.29, 0.717) is 5.65 Å². The molecular weight excluding hydrogens is 258 g/mol. The Labute approximate surface area is 115 Å². The summed E-state index contributed by atoms with van der Waals surface area (Å²) in [5.41, 5.74) is 1.70. The zero-order chi connectivity index (χ0) is 14.7. The third kappa shape index (κ3) is 2.62. The van der Waals surface area contributed by atoms with Gasteiger partial charge >= 0.3 is 5.97 Å². The first-order chi connectivity index (χ1) is 9.52. The van der Waals surface area contributed by atoms with Crippen molar-refractivity contribution in [1.29, 1.82) is 0 Å². The van der Waals surface area contributed by atoms with Gasteiger partial charge in [0.1, 0.15) is 17.4 Å². The molecule has 6 heteroatoms. The van der Waals surface area contributed by atoms with E-state index in [4.69, 9.17) is 11.5 Å². The number of carbonyl (C=O) groups is 2. The maximum absolute atomic E-state index is 12.0. The second-order valence-electron chi connectivity index (χ2n) is 4.29. The van der Waals surface area contributed by atoms with Crippen LogP contribution in [0.25, 0.3) is 5.65 Å². The van der Waals surface area contributed by atoms with Crippen molar-refractivity contribution in [2.45, 2.75) is 19.4 Å². The maximum Gasteiger partial charge on any atom is 0.327 e. The SMILES string of the molecule is C#CCC(NC(=O)c1cn2c(C)cccc2n1)C(=O)O. The van der Waals surface area contributed by atoms with Crippen molar-refractivity contribution in [3.05, 3.63) is 35.8 Å². The maximum atomic E-state index is 12.0. The highest BCUT2D eigenvalue weighted by atomic mass is 16.4. The van der Waals surface area contributed by atoms with Crippen molar-refractivity contribution < 1.29 is 14.7 Å². The van der Waals surface area contributed by atoms with Crippen LogP contribution in [0.2, 0.25) is 0 Å². The van der Waals surface area contributed by atoms with Gasteiger partial charge in [0.15, 0.2) is 0 Å². The molecule has 0 aromatic carbocycles. The molecule has 0 saturated carbocycles. The number of hydrogen-bond donors (Lipinski definition) is 2. The van der Waals surface area contributed by atoms with E-state index in [2.05, 4.69) is 16.2 Å². The predicted molar refractivity (Wildman–Crippen MR) is 72.3 cm³/mol. The van der Waals surface area contributed by atoms with E-state index in [-0.39, 0.29) is 12.1 Å². The third-order valence-electron chi connectivity index (χ3n) is 2.85. The number of aryl methyl sites for hydroxylation is 1. The van der Waals surface area contributed by atoms with Crippen molar-refractivity contribution in [1.82, 2.24) is 14.7 Å². The summed E-state index contributed by atoms with van der Waals surface area (Å²) in [7, 11) is 0. The van der Waals surface area contributed by atoms with E-state index < -0.39 is 17.9 Å². The van der Waals surface area contributed by atoms with Gasteiger partial charge in [0.25, 0.3) is 5.91 Å².